The van der Waals surface area contributed by atoms with Gasteiger partial charge < -0.3 is 0 Å². The Labute approximate surface area is 332 Å². The van der Waals surface area contributed by atoms with Crippen molar-refractivity contribution in [2.75, 3.05) is 0 Å². The molecule has 0 aliphatic rings. The van der Waals surface area contributed by atoms with E-state index in [2.05, 4.69) is 194 Å². The van der Waals surface area contributed by atoms with Gasteiger partial charge in [0.1, 0.15) is 0 Å². The first-order valence-corrected chi connectivity index (χ1v) is 20.5. The van der Waals surface area contributed by atoms with Crippen LogP contribution in [-0.4, -0.2) is 9.97 Å². The molecule has 0 spiro atoms. The zero-order chi connectivity index (χ0) is 37.0. The molecular weight excluding hydrogens is 717 g/mol. The third kappa shape index (κ3) is 5.53. The van der Waals surface area contributed by atoms with Gasteiger partial charge in [0.2, 0.25) is 0 Å². The number of thiophene rings is 2. The second kappa shape index (κ2) is 13.5. The van der Waals surface area contributed by atoms with Gasteiger partial charge in [-0.2, -0.15) is 0 Å². The molecule has 11 aromatic rings. The normalized spacial score (nSPS) is 11.6. The van der Waals surface area contributed by atoms with Crippen LogP contribution in [0.25, 0.3) is 108 Å². The molecule has 0 aliphatic heterocycles. The zero-order valence-electron chi connectivity index (χ0n) is 30.2. The summed E-state index contributed by atoms with van der Waals surface area (Å²) in [4.78, 5) is 11.1. The molecule has 56 heavy (non-hydrogen) atoms. The number of hydrogen-bond acceptors (Lipinski definition) is 4. The fourth-order valence-electron chi connectivity index (χ4n) is 8.11. The Morgan fingerprint density at radius 3 is 1.27 bits per heavy atom. The van der Waals surface area contributed by atoms with E-state index in [1.165, 1.54) is 57.0 Å². The molecule has 8 aromatic carbocycles. The van der Waals surface area contributed by atoms with Gasteiger partial charge in [-0.3, -0.25) is 0 Å². The first-order valence-electron chi connectivity index (χ1n) is 18.8. The molecule has 11 rings (SSSR count). The predicted octanol–water partition coefficient (Wildman–Crippen LogP) is 15.2. The summed E-state index contributed by atoms with van der Waals surface area (Å²) < 4.78 is 5.02. The summed E-state index contributed by atoms with van der Waals surface area (Å²) in [5.74, 6) is 0.701. The highest BCUT2D eigenvalue weighted by Gasteiger charge is 2.20. The molecule has 0 saturated heterocycles. The van der Waals surface area contributed by atoms with Crippen molar-refractivity contribution < 1.29 is 0 Å². The van der Waals surface area contributed by atoms with Crippen LogP contribution in [0.2, 0.25) is 0 Å². The molecule has 3 aromatic heterocycles. The third-order valence-corrected chi connectivity index (χ3v) is 13.2. The summed E-state index contributed by atoms with van der Waals surface area (Å²) in [5, 5.41) is 5.05. The van der Waals surface area contributed by atoms with Crippen LogP contribution in [0.3, 0.4) is 0 Å². The Balaban J connectivity index is 1.20. The highest BCUT2D eigenvalue weighted by molar-refractivity contribution is 7.26. The molecule has 3 heterocycles. The Bertz CT molecular complexity index is 3120. The molecule has 0 bridgehead atoms. The summed E-state index contributed by atoms with van der Waals surface area (Å²) in [5.41, 5.74) is 11.9. The molecule has 0 unspecified atom stereocenters. The highest BCUT2D eigenvalue weighted by Crippen LogP contribution is 2.44. The largest absolute Gasteiger partial charge is 0.228 e. The van der Waals surface area contributed by atoms with E-state index >= 15 is 0 Å². The molecule has 0 saturated carbocycles. The zero-order valence-corrected chi connectivity index (χ0v) is 31.8. The van der Waals surface area contributed by atoms with E-state index in [-0.39, 0.29) is 0 Å². The van der Waals surface area contributed by atoms with E-state index in [9.17, 15) is 0 Å². The fourth-order valence-corrected chi connectivity index (χ4v) is 10.6. The van der Waals surface area contributed by atoms with Crippen molar-refractivity contribution in [3.8, 4) is 67.3 Å². The lowest BCUT2D eigenvalue weighted by Gasteiger charge is -2.16. The minimum atomic E-state index is 0.701. The Morgan fingerprint density at radius 2 is 0.714 bits per heavy atom. The van der Waals surface area contributed by atoms with E-state index in [0.29, 0.717) is 5.82 Å². The van der Waals surface area contributed by atoms with Gasteiger partial charge in [-0.15, -0.1) is 22.7 Å². The van der Waals surface area contributed by atoms with E-state index in [1.807, 2.05) is 22.7 Å². The molecule has 0 radical (unpaired) electrons. The molecule has 0 fully saturated rings. The van der Waals surface area contributed by atoms with Crippen molar-refractivity contribution in [1.29, 1.82) is 0 Å². The van der Waals surface area contributed by atoms with Crippen LogP contribution in [-0.2, 0) is 0 Å². The maximum Gasteiger partial charge on any atom is 0.161 e. The summed E-state index contributed by atoms with van der Waals surface area (Å²) in [6.45, 7) is 0. The minimum absolute atomic E-state index is 0.701. The number of benzene rings is 8. The van der Waals surface area contributed by atoms with Crippen LogP contribution >= 0.6 is 22.7 Å². The van der Waals surface area contributed by atoms with Crippen molar-refractivity contribution in [2.24, 2.45) is 0 Å². The lowest BCUT2D eigenvalue weighted by Crippen LogP contribution is -1.98. The van der Waals surface area contributed by atoms with Gasteiger partial charge in [-0.05, 0) is 57.6 Å². The van der Waals surface area contributed by atoms with Crippen molar-refractivity contribution in [3.05, 3.63) is 194 Å². The van der Waals surface area contributed by atoms with Crippen molar-refractivity contribution in [1.82, 2.24) is 9.97 Å². The van der Waals surface area contributed by atoms with Crippen LogP contribution in [0.15, 0.2) is 194 Å². The van der Waals surface area contributed by atoms with Gasteiger partial charge in [0.15, 0.2) is 5.82 Å². The molecule has 0 aliphatic carbocycles. The second-order valence-electron chi connectivity index (χ2n) is 14.1. The van der Waals surface area contributed by atoms with Gasteiger partial charge in [0.25, 0.3) is 0 Å². The molecule has 262 valence electrons. The number of aromatic nitrogens is 2. The lowest BCUT2D eigenvalue weighted by molar-refractivity contribution is 1.19. The maximum absolute atomic E-state index is 5.54. The SMILES string of the molecule is c1ccc(-c2ccccc2-c2ccc(-c3ccccc3)c(-c3nc(-c4cccc5c4sc4ccccc45)cc(-c4cccc5c4sc4ccccc45)n3)c2)cc1. The maximum atomic E-state index is 5.54. The molecule has 0 amide bonds. The topological polar surface area (TPSA) is 25.8 Å². The lowest BCUT2D eigenvalue weighted by atomic mass is 9.90. The second-order valence-corrected chi connectivity index (χ2v) is 16.2. The van der Waals surface area contributed by atoms with Gasteiger partial charge >= 0.3 is 0 Å². The Morgan fingerprint density at radius 1 is 0.286 bits per heavy atom. The quantitative estimate of drug-likeness (QED) is 0.169. The summed E-state index contributed by atoms with van der Waals surface area (Å²) in [6, 6.07) is 69.6. The van der Waals surface area contributed by atoms with Crippen molar-refractivity contribution >= 4 is 63.0 Å². The predicted molar refractivity (Wildman–Crippen MR) is 240 cm³/mol. The molecule has 2 nitrogen and oxygen atoms in total. The summed E-state index contributed by atoms with van der Waals surface area (Å²) in [6.07, 6.45) is 0. The minimum Gasteiger partial charge on any atom is -0.228 e. The molecule has 0 atom stereocenters. The van der Waals surface area contributed by atoms with Gasteiger partial charge in [-0.25, -0.2) is 9.97 Å². The van der Waals surface area contributed by atoms with E-state index in [0.717, 1.165) is 44.8 Å². The number of hydrogen-bond donors (Lipinski definition) is 0. The summed E-state index contributed by atoms with van der Waals surface area (Å²) in [7, 11) is 0. The van der Waals surface area contributed by atoms with Gasteiger partial charge in [0.05, 0.1) is 11.4 Å². The first kappa shape index (κ1) is 32.7. The van der Waals surface area contributed by atoms with Gasteiger partial charge in [0, 0.05) is 57.0 Å². The third-order valence-electron chi connectivity index (χ3n) is 10.8. The monoisotopic (exact) mass is 748 g/mol. The van der Waals surface area contributed by atoms with Crippen LogP contribution in [0, 0.1) is 0 Å². The van der Waals surface area contributed by atoms with Crippen LogP contribution in [0.4, 0.5) is 0 Å². The van der Waals surface area contributed by atoms with Crippen LogP contribution < -0.4 is 0 Å². The van der Waals surface area contributed by atoms with Crippen molar-refractivity contribution in [2.45, 2.75) is 0 Å². The van der Waals surface area contributed by atoms with Gasteiger partial charge in [-0.1, -0.05) is 170 Å². The van der Waals surface area contributed by atoms with Crippen LogP contribution in [0.1, 0.15) is 0 Å². The number of nitrogens with zero attached hydrogens (tertiary/aromatic N) is 2. The smallest absolute Gasteiger partial charge is 0.161 e. The highest BCUT2D eigenvalue weighted by atomic mass is 32.1. The van der Waals surface area contributed by atoms with E-state index in [1.54, 1.807) is 0 Å². The van der Waals surface area contributed by atoms with E-state index < -0.39 is 0 Å². The van der Waals surface area contributed by atoms with Crippen molar-refractivity contribution in [3.63, 3.8) is 0 Å². The summed E-state index contributed by atoms with van der Waals surface area (Å²) >= 11 is 3.67. The standard InChI is InChI=1S/C52H32N2S2/c1-3-15-33(16-4-1)36-19-7-8-20-37(36)35-29-30-38(34-17-5-2-6-18-34)45(31-35)52-53-46(43-25-13-23-41-39-21-9-11-27-48(39)55-50(41)43)32-47(54-52)44-26-14-24-42-40-22-10-12-28-49(40)56-51(42)44/h1-32H. The number of fused-ring (bicyclic) bond motifs is 6. The number of rotatable bonds is 6. The Kier molecular flexibility index (Phi) is 7.90. The average Bonchev–Trinajstić information content (AvgIpc) is 3.85. The molecular formula is C52H32N2S2. The molecule has 4 heteroatoms. The first-order chi connectivity index (χ1) is 27.8. The fraction of sp³-hybridized carbons (Fsp3) is 0. The Hall–Kier alpha value is -6.72. The van der Waals surface area contributed by atoms with E-state index in [4.69, 9.17) is 9.97 Å². The van der Waals surface area contributed by atoms with Crippen LogP contribution in [0.5, 0.6) is 0 Å². The molecule has 0 N–H and O–H groups in total. The average molecular weight is 749 g/mol.